The minimum Gasteiger partial charge on any atom is -0.496 e. The number of anilines is 1. The largest absolute Gasteiger partial charge is 0.496 e. The number of ether oxygens (including phenoxy) is 1. The molecule has 0 radical (unpaired) electrons. The predicted molar refractivity (Wildman–Crippen MR) is 75.4 cm³/mol. The Kier molecular flexibility index (Phi) is 4.27. The minimum atomic E-state index is -0.141. The second kappa shape index (κ2) is 5.93. The lowest BCUT2D eigenvalue weighted by Gasteiger charge is -2.27. The fourth-order valence-corrected chi connectivity index (χ4v) is 2.46. The van der Waals surface area contributed by atoms with Gasteiger partial charge in [-0.2, -0.15) is 0 Å². The van der Waals surface area contributed by atoms with E-state index in [9.17, 15) is 4.79 Å². The van der Waals surface area contributed by atoms with E-state index in [1.165, 1.54) is 0 Å². The Morgan fingerprint density at radius 2 is 2.26 bits per heavy atom. The Morgan fingerprint density at radius 1 is 1.47 bits per heavy atom. The summed E-state index contributed by atoms with van der Waals surface area (Å²) < 4.78 is 5.39. The molecule has 1 atom stereocenters. The third-order valence-corrected chi connectivity index (χ3v) is 3.32. The van der Waals surface area contributed by atoms with Crippen molar-refractivity contribution in [3.8, 4) is 5.75 Å². The van der Waals surface area contributed by atoms with Gasteiger partial charge < -0.3 is 20.7 Å². The van der Waals surface area contributed by atoms with Gasteiger partial charge in [0.1, 0.15) is 5.75 Å². The second-order valence-electron chi connectivity index (χ2n) is 4.81. The summed E-state index contributed by atoms with van der Waals surface area (Å²) in [6.07, 6.45) is 0.932. The van der Waals surface area contributed by atoms with E-state index in [4.69, 9.17) is 10.5 Å². The SMILES string of the molecule is COc1cccc(N2CCCNC(=O)C2)c1[C@@H](C)N. The highest BCUT2D eigenvalue weighted by molar-refractivity contribution is 5.82. The van der Waals surface area contributed by atoms with Crippen molar-refractivity contribution in [2.45, 2.75) is 19.4 Å². The molecule has 1 aromatic carbocycles. The second-order valence-corrected chi connectivity index (χ2v) is 4.81. The number of rotatable bonds is 3. The molecule has 1 aliphatic heterocycles. The number of amides is 1. The molecule has 5 heteroatoms. The van der Waals surface area contributed by atoms with Gasteiger partial charge in [-0.3, -0.25) is 4.79 Å². The van der Waals surface area contributed by atoms with Crippen molar-refractivity contribution in [2.24, 2.45) is 5.73 Å². The molecule has 1 fully saturated rings. The summed E-state index contributed by atoms with van der Waals surface area (Å²) in [5.74, 6) is 0.827. The molecule has 1 aliphatic rings. The quantitative estimate of drug-likeness (QED) is 0.855. The van der Waals surface area contributed by atoms with Crippen molar-refractivity contribution >= 4 is 11.6 Å². The van der Waals surface area contributed by atoms with Crippen LogP contribution >= 0.6 is 0 Å². The van der Waals surface area contributed by atoms with Crippen molar-refractivity contribution in [1.82, 2.24) is 5.32 Å². The third-order valence-electron chi connectivity index (χ3n) is 3.32. The van der Waals surface area contributed by atoms with Gasteiger partial charge in [-0.1, -0.05) is 6.07 Å². The highest BCUT2D eigenvalue weighted by Crippen LogP contribution is 2.33. The number of carbonyl (C=O) groups excluding carboxylic acids is 1. The highest BCUT2D eigenvalue weighted by Gasteiger charge is 2.21. The summed E-state index contributed by atoms with van der Waals surface area (Å²) in [6.45, 7) is 3.87. The molecule has 3 N–H and O–H groups in total. The van der Waals surface area contributed by atoms with Crippen LogP contribution in [-0.4, -0.2) is 32.7 Å². The standard InChI is InChI=1S/C14H21N3O2/c1-10(15)14-11(5-3-6-12(14)19-2)17-8-4-7-16-13(18)9-17/h3,5-6,10H,4,7-9,15H2,1-2H3,(H,16,18)/t10-/m1/s1. The number of hydrogen-bond acceptors (Lipinski definition) is 4. The Labute approximate surface area is 113 Å². The Hall–Kier alpha value is -1.75. The highest BCUT2D eigenvalue weighted by atomic mass is 16.5. The molecular weight excluding hydrogens is 242 g/mol. The average molecular weight is 263 g/mol. The zero-order valence-electron chi connectivity index (χ0n) is 11.5. The van der Waals surface area contributed by atoms with Gasteiger partial charge in [0.05, 0.1) is 13.7 Å². The number of hydrogen-bond donors (Lipinski definition) is 2. The van der Waals surface area contributed by atoms with Crippen LogP contribution in [0.15, 0.2) is 18.2 Å². The number of nitrogens with one attached hydrogen (secondary N) is 1. The van der Waals surface area contributed by atoms with E-state index in [0.29, 0.717) is 6.54 Å². The molecule has 1 saturated heterocycles. The normalized spacial score (nSPS) is 17.6. The molecule has 0 saturated carbocycles. The van der Waals surface area contributed by atoms with Crippen molar-refractivity contribution in [2.75, 3.05) is 31.6 Å². The van der Waals surface area contributed by atoms with Crippen LogP contribution in [0.3, 0.4) is 0 Å². The first-order valence-electron chi connectivity index (χ1n) is 6.57. The predicted octanol–water partition coefficient (Wildman–Crippen LogP) is 1.04. The molecule has 104 valence electrons. The zero-order valence-corrected chi connectivity index (χ0v) is 11.5. The van der Waals surface area contributed by atoms with Crippen molar-refractivity contribution in [1.29, 1.82) is 0 Å². The number of carbonyl (C=O) groups is 1. The first-order valence-corrected chi connectivity index (χ1v) is 6.57. The van der Waals surface area contributed by atoms with Gasteiger partial charge in [-0.25, -0.2) is 0 Å². The number of benzene rings is 1. The maximum Gasteiger partial charge on any atom is 0.239 e. The molecule has 2 rings (SSSR count). The van der Waals surface area contributed by atoms with Gasteiger partial charge in [0, 0.05) is 30.4 Å². The fourth-order valence-electron chi connectivity index (χ4n) is 2.46. The van der Waals surface area contributed by atoms with Gasteiger partial charge in [0.2, 0.25) is 5.91 Å². The molecule has 0 aromatic heterocycles. The van der Waals surface area contributed by atoms with Crippen LogP contribution < -0.4 is 20.7 Å². The number of methoxy groups -OCH3 is 1. The third kappa shape index (κ3) is 2.98. The first kappa shape index (κ1) is 13.7. The van der Waals surface area contributed by atoms with E-state index in [-0.39, 0.29) is 11.9 Å². The summed E-state index contributed by atoms with van der Waals surface area (Å²) in [4.78, 5) is 13.8. The lowest BCUT2D eigenvalue weighted by atomic mass is 10.0. The first-order chi connectivity index (χ1) is 9.13. The van der Waals surface area contributed by atoms with Crippen molar-refractivity contribution < 1.29 is 9.53 Å². The maximum atomic E-state index is 11.7. The van der Waals surface area contributed by atoms with Crippen LogP contribution in [0.5, 0.6) is 5.75 Å². The van der Waals surface area contributed by atoms with E-state index in [1.807, 2.05) is 25.1 Å². The molecule has 0 spiro atoms. The zero-order chi connectivity index (χ0) is 13.8. The van der Waals surface area contributed by atoms with Crippen LogP contribution in [0.2, 0.25) is 0 Å². The molecule has 1 heterocycles. The summed E-state index contributed by atoms with van der Waals surface area (Å²) in [5.41, 5.74) is 8.01. The number of nitrogens with zero attached hydrogens (tertiary/aromatic N) is 1. The molecule has 0 unspecified atom stereocenters. The Balaban J connectivity index is 2.39. The summed E-state index contributed by atoms with van der Waals surface area (Å²) >= 11 is 0. The van der Waals surface area contributed by atoms with Gasteiger partial charge in [0.15, 0.2) is 0 Å². The van der Waals surface area contributed by atoms with Gasteiger partial charge in [-0.05, 0) is 25.5 Å². The monoisotopic (exact) mass is 263 g/mol. The van der Waals surface area contributed by atoms with Crippen molar-refractivity contribution in [3.63, 3.8) is 0 Å². The molecule has 0 aliphatic carbocycles. The van der Waals surface area contributed by atoms with Crippen LogP contribution in [-0.2, 0) is 4.79 Å². The van der Waals surface area contributed by atoms with E-state index in [0.717, 1.165) is 36.5 Å². The number of nitrogens with two attached hydrogens (primary N) is 1. The molecule has 19 heavy (non-hydrogen) atoms. The minimum absolute atomic E-state index is 0.0518. The molecule has 1 amide bonds. The Bertz CT molecular complexity index is 460. The van der Waals surface area contributed by atoms with E-state index >= 15 is 0 Å². The average Bonchev–Trinajstić information content (AvgIpc) is 2.62. The lowest BCUT2D eigenvalue weighted by Crippen LogP contribution is -2.34. The summed E-state index contributed by atoms with van der Waals surface area (Å²) in [6, 6.07) is 5.69. The molecule has 0 bridgehead atoms. The molecule has 1 aromatic rings. The van der Waals surface area contributed by atoms with E-state index in [2.05, 4.69) is 10.2 Å². The van der Waals surface area contributed by atoms with Crippen LogP contribution in [0.25, 0.3) is 0 Å². The Morgan fingerprint density at radius 3 is 2.95 bits per heavy atom. The lowest BCUT2D eigenvalue weighted by molar-refractivity contribution is -0.119. The van der Waals surface area contributed by atoms with Crippen LogP contribution in [0.4, 0.5) is 5.69 Å². The van der Waals surface area contributed by atoms with Gasteiger partial charge >= 0.3 is 0 Å². The molecular formula is C14H21N3O2. The van der Waals surface area contributed by atoms with E-state index < -0.39 is 0 Å². The maximum absolute atomic E-state index is 11.7. The summed E-state index contributed by atoms with van der Waals surface area (Å²) in [7, 11) is 1.64. The van der Waals surface area contributed by atoms with Gasteiger partial charge in [0.25, 0.3) is 0 Å². The fraction of sp³-hybridized carbons (Fsp3) is 0.500. The summed E-state index contributed by atoms with van der Waals surface area (Å²) in [5, 5.41) is 2.88. The van der Waals surface area contributed by atoms with Crippen molar-refractivity contribution in [3.05, 3.63) is 23.8 Å². The van der Waals surface area contributed by atoms with E-state index in [1.54, 1.807) is 7.11 Å². The molecule has 5 nitrogen and oxygen atoms in total. The smallest absolute Gasteiger partial charge is 0.239 e. The topological polar surface area (TPSA) is 67.6 Å². The van der Waals surface area contributed by atoms with Crippen LogP contribution in [0, 0.1) is 0 Å². The van der Waals surface area contributed by atoms with Gasteiger partial charge in [-0.15, -0.1) is 0 Å². The van der Waals surface area contributed by atoms with Crippen LogP contribution in [0.1, 0.15) is 24.9 Å².